The van der Waals surface area contributed by atoms with Crippen LogP contribution in [0.2, 0.25) is 0 Å². The summed E-state index contributed by atoms with van der Waals surface area (Å²) in [5, 5.41) is 11.0. The lowest BCUT2D eigenvalue weighted by Crippen LogP contribution is -2.50. The number of carbonyl (C=O) groups is 1. The highest BCUT2D eigenvalue weighted by molar-refractivity contribution is 5.79. The van der Waals surface area contributed by atoms with Crippen molar-refractivity contribution in [1.82, 2.24) is 14.5 Å². The molecule has 1 saturated heterocycles. The summed E-state index contributed by atoms with van der Waals surface area (Å²) in [4.78, 5) is 19.1. The predicted molar refractivity (Wildman–Crippen MR) is 99.7 cm³/mol. The Balaban J connectivity index is 1.35. The number of likely N-dealkylation sites (tertiary alicyclic amines) is 1. The van der Waals surface area contributed by atoms with Crippen LogP contribution in [0, 0.1) is 12.8 Å². The molecule has 4 rings (SSSR count). The van der Waals surface area contributed by atoms with Gasteiger partial charge in [0.2, 0.25) is 5.91 Å². The minimum Gasteiger partial charge on any atom is -0.389 e. The Bertz CT molecular complexity index is 790. The average Bonchev–Trinajstić information content (AvgIpc) is 3.09. The molecule has 2 aliphatic rings. The molecule has 5 nitrogen and oxygen atoms in total. The Morgan fingerprint density at radius 2 is 2.12 bits per heavy atom. The van der Waals surface area contributed by atoms with Crippen LogP contribution in [0.1, 0.15) is 36.1 Å². The first-order valence-corrected chi connectivity index (χ1v) is 9.58. The van der Waals surface area contributed by atoms with Gasteiger partial charge >= 0.3 is 0 Å². The van der Waals surface area contributed by atoms with Crippen molar-refractivity contribution >= 4 is 5.91 Å². The quantitative estimate of drug-likeness (QED) is 0.921. The molecule has 1 N–H and O–H groups in total. The van der Waals surface area contributed by atoms with E-state index in [2.05, 4.69) is 34.7 Å². The molecule has 1 aromatic heterocycles. The molecule has 0 spiro atoms. The van der Waals surface area contributed by atoms with Crippen LogP contribution in [-0.4, -0.2) is 44.2 Å². The predicted octanol–water partition coefficient (Wildman–Crippen LogP) is 2.35. The summed E-state index contributed by atoms with van der Waals surface area (Å²) in [6, 6.07) is 8.33. The maximum atomic E-state index is 12.9. The molecule has 1 fully saturated rings. The number of rotatable bonds is 3. The molecule has 2 aliphatic heterocycles. The van der Waals surface area contributed by atoms with Gasteiger partial charge in [0.15, 0.2) is 0 Å². The molecule has 1 atom stereocenters. The van der Waals surface area contributed by atoms with Crippen LogP contribution in [-0.2, 0) is 24.2 Å². The van der Waals surface area contributed by atoms with E-state index < -0.39 is 5.60 Å². The third-order valence-electron chi connectivity index (χ3n) is 5.94. The second-order valence-corrected chi connectivity index (χ2v) is 7.98. The molecule has 26 heavy (non-hydrogen) atoms. The fourth-order valence-corrected chi connectivity index (χ4v) is 4.36. The fourth-order valence-electron chi connectivity index (χ4n) is 4.36. The normalized spacial score (nSPS) is 22.1. The summed E-state index contributed by atoms with van der Waals surface area (Å²) in [6.45, 7) is 4.25. The molecule has 0 radical (unpaired) electrons. The number of amides is 1. The Morgan fingerprint density at radius 1 is 1.31 bits per heavy atom. The van der Waals surface area contributed by atoms with Crippen molar-refractivity contribution in [3.8, 4) is 0 Å². The number of benzene rings is 1. The Hall–Kier alpha value is -2.14. The fraction of sp³-hybridized carbons (Fsp3) is 0.524. The van der Waals surface area contributed by atoms with Gasteiger partial charge in [-0.15, -0.1) is 0 Å². The van der Waals surface area contributed by atoms with Gasteiger partial charge in [-0.05, 0) is 31.7 Å². The zero-order chi connectivity index (χ0) is 18.1. The van der Waals surface area contributed by atoms with Crippen molar-refractivity contribution in [2.24, 2.45) is 5.92 Å². The molecule has 1 unspecified atom stereocenters. The lowest BCUT2D eigenvalue weighted by molar-refractivity contribution is -0.140. The molecular weight excluding hydrogens is 326 g/mol. The zero-order valence-corrected chi connectivity index (χ0v) is 15.4. The first-order chi connectivity index (χ1) is 12.5. The van der Waals surface area contributed by atoms with Crippen molar-refractivity contribution in [2.75, 3.05) is 13.1 Å². The van der Waals surface area contributed by atoms with Crippen LogP contribution < -0.4 is 0 Å². The van der Waals surface area contributed by atoms with Gasteiger partial charge in [-0.2, -0.15) is 0 Å². The molecule has 3 heterocycles. The lowest BCUT2D eigenvalue weighted by Gasteiger charge is -2.40. The van der Waals surface area contributed by atoms with Gasteiger partial charge in [0.05, 0.1) is 11.9 Å². The molecule has 5 heteroatoms. The number of piperidine rings is 1. The Kier molecular flexibility index (Phi) is 4.57. The maximum absolute atomic E-state index is 12.9. The minimum absolute atomic E-state index is 0.0576. The highest BCUT2D eigenvalue weighted by atomic mass is 16.3. The molecular formula is C21H27N3O2. The van der Waals surface area contributed by atoms with Crippen molar-refractivity contribution < 1.29 is 9.90 Å². The highest BCUT2D eigenvalue weighted by Gasteiger charge is 2.36. The van der Waals surface area contributed by atoms with Gasteiger partial charge in [0.25, 0.3) is 0 Å². The van der Waals surface area contributed by atoms with Gasteiger partial charge in [0.1, 0.15) is 0 Å². The third-order valence-corrected chi connectivity index (χ3v) is 5.94. The number of aryl methyl sites for hydroxylation is 2. The number of fused-ring (bicyclic) bond motifs is 1. The SMILES string of the molecule is Cc1cccc(CC2(O)CCN(C(=O)C3CCn4cncc4C3)CC2)c1. The Morgan fingerprint density at radius 3 is 2.88 bits per heavy atom. The maximum Gasteiger partial charge on any atom is 0.226 e. The highest BCUT2D eigenvalue weighted by Crippen LogP contribution is 2.29. The first-order valence-electron chi connectivity index (χ1n) is 9.58. The number of aliphatic hydroxyl groups is 1. The smallest absolute Gasteiger partial charge is 0.226 e. The summed E-state index contributed by atoms with van der Waals surface area (Å²) in [5.41, 5.74) is 2.85. The summed E-state index contributed by atoms with van der Waals surface area (Å²) in [7, 11) is 0. The monoisotopic (exact) mass is 353 g/mol. The van der Waals surface area contributed by atoms with Crippen LogP contribution >= 0.6 is 0 Å². The van der Waals surface area contributed by atoms with Gasteiger partial charge in [-0.25, -0.2) is 4.98 Å². The molecule has 1 amide bonds. The third kappa shape index (κ3) is 3.54. The minimum atomic E-state index is -0.699. The van der Waals surface area contributed by atoms with Crippen molar-refractivity contribution in [2.45, 2.75) is 51.2 Å². The summed E-state index contributed by atoms with van der Waals surface area (Å²) in [6.07, 6.45) is 7.35. The van der Waals surface area contributed by atoms with Crippen LogP contribution in [0.5, 0.6) is 0 Å². The van der Waals surface area contributed by atoms with E-state index >= 15 is 0 Å². The van der Waals surface area contributed by atoms with E-state index in [1.807, 2.05) is 23.5 Å². The van der Waals surface area contributed by atoms with Gasteiger partial charge in [0, 0.05) is 50.3 Å². The molecule has 1 aromatic carbocycles. The van der Waals surface area contributed by atoms with Gasteiger partial charge in [-0.1, -0.05) is 29.8 Å². The molecule has 0 bridgehead atoms. The summed E-state index contributed by atoms with van der Waals surface area (Å²) in [5.74, 6) is 0.303. The molecule has 0 aliphatic carbocycles. The number of aromatic nitrogens is 2. The van der Waals surface area contributed by atoms with Crippen LogP contribution in [0.3, 0.4) is 0 Å². The number of nitrogens with zero attached hydrogens (tertiary/aromatic N) is 3. The number of hydrogen-bond donors (Lipinski definition) is 1. The summed E-state index contributed by atoms with van der Waals surface area (Å²) >= 11 is 0. The second-order valence-electron chi connectivity index (χ2n) is 7.98. The van der Waals surface area contributed by atoms with E-state index in [0.717, 1.165) is 25.1 Å². The average molecular weight is 353 g/mol. The van der Waals surface area contributed by atoms with Crippen molar-refractivity contribution in [3.05, 3.63) is 53.6 Å². The molecule has 0 saturated carbocycles. The van der Waals surface area contributed by atoms with Crippen molar-refractivity contribution in [3.63, 3.8) is 0 Å². The van der Waals surface area contributed by atoms with E-state index in [1.165, 1.54) is 11.1 Å². The van der Waals surface area contributed by atoms with Gasteiger partial charge < -0.3 is 14.6 Å². The Labute approximate surface area is 154 Å². The zero-order valence-electron chi connectivity index (χ0n) is 15.4. The van der Waals surface area contributed by atoms with E-state index in [-0.39, 0.29) is 11.8 Å². The van der Waals surface area contributed by atoms with E-state index in [1.54, 1.807) is 0 Å². The first kappa shape index (κ1) is 17.3. The topological polar surface area (TPSA) is 58.4 Å². The number of carbonyl (C=O) groups excluding carboxylic acids is 1. The van der Waals surface area contributed by atoms with Crippen molar-refractivity contribution in [1.29, 1.82) is 0 Å². The lowest BCUT2D eigenvalue weighted by atomic mass is 9.84. The number of imidazole rings is 1. The molecule has 2 aromatic rings. The molecule has 138 valence electrons. The van der Waals surface area contributed by atoms with Crippen LogP contribution in [0.4, 0.5) is 0 Å². The second kappa shape index (κ2) is 6.88. The van der Waals surface area contributed by atoms with Crippen LogP contribution in [0.25, 0.3) is 0 Å². The van der Waals surface area contributed by atoms with Gasteiger partial charge in [-0.3, -0.25) is 4.79 Å². The van der Waals surface area contributed by atoms with E-state index in [0.29, 0.717) is 32.4 Å². The number of hydrogen-bond acceptors (Lipinski definition) is 3. The standard InChI is InChI=1S/C21H27N3O2/c1-16-3-2-4-17(11-16)13-21(26)6-9-23(10-7-21)20(25)18-5-8-24-15-22-14-19(24)12-18/h2-4,11,14-15,18,26H,5-10,12-13H2,1H3. The summed E-state index contributed by atoms with van der Waals surface area (Å²) < 4.78 is 2.14. The van der Waals surface area contributed by atoms with Crippen LogP contribution in [0.15, 0.2) is 36.8 Å². The van der Waals surface area contributed by atoms with E-state index in [4.69, 9.17) is 0 Å². The van der Waals surface area contributed by atoms with E-state index in [9.17, 15) is 9.90 Å². The largest absolute Gasteiger partial charge is 0.389 e.